The van der Waals surface area contributed by atoms with E-state index < -0.39 is 10.0 Å². The minimum Gasteiger partial charge on any atom is -0.383 e. The fourth-order valence-corrected chi connectivity index (χ4v) is 4.00. The van der Waals surface area contributed by atoms with Gasteiger partial charge in [0.25, 0.3) is 0 Å². The minimum atomic E-state index is -3.66. The van der Waals surface area contributed by atoms with Crippen molar-refractivity contribution < 1.29 is 13.2 Å². The van der Waals surface area contributed by atoms with Crippen molar-refractivity contribution in [2.45, 2.75) is 11.8 Å². The highest BCUT2D eigenvalue weighted by Gasteiger charge is 2.19. The molecule has 0 aliphatic heterocycles. The molecular formula is C14H17BrN4O3S. The number of anilines is 1. The first-order valence-corrected chi connectivity index (χ1v) is 9.00. The van der Waals surface area contributed by atoms with Crippen LogP contribution in [0.4, 0.5) is 5.95 Å². The number of sulfonamides is 1. The smallest absolute Gasteiger partial charge is 0.241 e. The SMILES string of the molecule is COCCNS(=O)(=O)c1cc(-c2cnc(N)nc2C)ccc1Br. The summed E-state index contributed by atoms with van der Waals surface area (Å²) in [6.45, 7) is 2.28. The zero-order valence-corrected chi connectivity index (χ0v) is 15.1. The number of ether oxygens (including phenoxy) is 1. The van der Waals surface area contributed by atoms with E-state index in [1.165, 1.54) is 7.11 Å². The molecule has 0 atom stereocenters. The lowest BCUT2D eigenvalue weighted by molar-refractivity contribution is 0.204. The van der Waals surface area contributed by atoms with Gasteiger partial charge in [0.05, 0.1) is 17.2 Å². The van der Waals surface area contributed by atoms with Gasteiger partial charge in [0.15, 0.2) is 0 Å². The second-order valence-electron chi connectivity index (χ2n) is 4.76. The maximum atomic E-state index is 12.4. The Hall–Kier alpha value is -1.55. The predicted octanol–water partition coefficient (Wildman–Crippen LogP) is 1.72. The van der Waals surface area contributed by atoms with E-state index in [1.807, 2.05) is 0 Å². The van der Waals surface area contributed by atoms with Crippen LogP contribution in [0.25, 0.3) is 11.1 Å². The molecule has 0 aliphatic rings. The number of nitrogens with two attached hydrogens (primary N) is 1. The van der Waals surface area contributed by atoms with Crippen LogP contribution < -0.4 is 10.5 Å². The van der Waals surface area contributed by atoms with Crippen LogP contribution in [0, 0.1) is 6.92 Å². The van der Waals surface area contributed by atoms with E-state index in [4.69, 9.17) is 10.5 Å². The Balaban J connectivity index is 2.43. The van der Waals surface area contributed by atoms with Gasteiger partial charge in [-0.3, -0.25) is 0 Å². The Labute approximate surface area is 143 Å². The van der Waals surface area contributed by atoms with E-state index >= 15 is 0 Å². The summed E-state index contributed by atoms with van der Waals surface area (Å²) < 4.78 is 32.6. The van der Waals surface area contributed by atoms with Crippen LogP contribution in [0.2, 0.25) is 0 Å². The third-order valence-corrected chi connectivity index (χ3v) is 5.58. The number of methoxy groups -OCH3 is 1. The van der Waals surface area contributed by atoms with Crippen LogP contribution in [0.15, 0.2) is 33.8 Å². The first-order valence-electron chi connectivity index (χ1n) is 6.73. The summed E-state index contributed by atoms with van der Waals surface area (Å²) in [6, 6.07) is 5.04. The quantitative estimate of drug-likeness (QED) is 0.714. The molecule has 2 rings (SSSR count). The fourth-order valence-electron chi connectivity index (χ4n) is 2.00. The summed E-state index contributed by atoms with van der Waals surface area (Å²) in [5, 5.41) is 0. The third-order valence-electron chi connectivity index (χ3n) is 3.13. The summed E-state index contributed by atoms with van der Waals surface area (Å²) in [5.41, 5.74) is 7.64. The monoisotopic (exact) mass is 400 g/mol. The van der Waals surface area contributed by atoms with Gasteiger partial charge in [0.1, 0.15) is 0 Å². The van der Waals surface area contributed by atoms with Crippen molar-refractivity contribution in [3.63, 3.8) is 0 Å². The highest BCUT2D eigenvalue weighted by Crippen LogP contribution is 2.29. The molecule has 7 nitrogen and oxygen atoms in total. The van der Waals surface area contributed by atoms with Gasteiger partial charge >= 0.3 is 0 Å². The summed E-state index contributed by atoms with van der Waals surface area (Å²) in [4.78, 5) is 8.20. The largest absolute Gasteiger partial charge is 0.383 e. The van der Waals surface area contributed by atoms with Gasteiger partial charge in [0.2, 0.25) is 16.0 Å². The lowest BCUT2D eigenvalue weighted by atomic mass is 10.1. The van der Waals surface area contributed by atoms with Crippen LogP contribution in [0.1, 0.15) is 5.69 Å². The van der Waals surface area contributed by atoms with Crippen molar-refractivity contribution in [1.82, 2.24) is 14.7 Å². The molecule has 1 heterocycles. The molecule has 0 aliphatic carbocycles. The average Bonchev–Trinajstić information content (AvgIpc) is 2.48. The zero-order chi connectivity index (χ0) is 17.0. The number of benzene rings is 1. The molecule has 0 bridgehead atoms. The predicted molar refractivity (Wildman–Crippen MR) is 91.4 cm³/mol. The second kappa shape index (κ2) is 7.35. The molecule has 0 saturated heterocycles. The van der Waals surface area contributed by atoms with E-state index in [-0.39, 0.29) is 17.4 Å². The number of nitrogens with zero attached hydrogens (tertiary/aromatic N) is 2. The van der Waals surface area contributed by atoms with Crippen LogP contribution in [-0.4, -0.2) is 38.6 Å². The van der Waals surface area contributed by atoms with Crippen molar-refractivity contribution in [1.29, 1.82) is 0 Å². The zero-order valence-electron chi connectivity index (χ0n) is 12.7. The summed E-state index contributed by atoms with van der Waals surface area (Å²) in [7, 11) is -2.15. The topological polar surface area (TPSA) is 107 Å². The highest BCUT2D eigenvalue weighted by molar-refractivity contribution is 9.10. The number of aromatic nitrogens is 2. The molecule has 23 heavy (non-hydrogen) atoms. The number of halogens is 1. The number of nitrogen functional groups attached to an aromatic ring is 1. The highest BCUT2D eigenvalue weighted by atomic mass is 79.9. The Morgan fingerprint density at radius 1 is 1.39 bits per heavy atom. The molecule has 0 unspecified atom stereocenters. The summed E-state index contributed by atoms with van der Waals surface area (Å²) in [6.07, 6.45) is 1.58. The molecule has 1 aromatic carbocycles. The maximum absolute atomic E-state index is 12.4. The molecule has 0 radical (unpaired) electrons. The first kappa shape index (κ1) is 17.8. The fraction of sp³-hybridized carbons (Fsp3) is 0.286. The summed E-state index contributed by atoms with van der Waals surface area (Å²) >= 11 is 3.28. The van der Waals surface area contributed by atoms with Gasteiger partial charge < -0.3 is 10.5 Å². The van der Waals surface area contributed by atoms with E-state index in [9.17, 15) is 8.42 Å². The molecular weight excluding hydrogens is 384 g/mol. The van der Waals surface area contributed by atoms with Gasteiger partial charge in [0, 0.05) is 29.9 Å². The molecule has 0 spiro atoms. The normalized spacial score (nSPS) is 11.6. The second-order valence-corrected chi connectivity index (χ2v) is 7.35. The van der Waals surface area contributed by atoms with Gasteiger partial charge in [-0.2, -0.15) is 0 Å². The molecule has 0 saturated carbocycles. The lowest BCUT2D eigenvalue weighted by Crippen LogP contribution is -2.27. The number of hydrogen-bond donors (Lipinski definition) is 2. The van der Waals surface area contributed by atoms with Crippen LogP contribution in [-0.2, 0) is 14.8 Å². The molecule has 0 fully saturated rings. The van der Waals surface area contributed by atoms with Crippen LogP contribution in [0.3, 0.4) is 0 Å². The van der Waals surface area contributed by atoms with Gasteiger partial charge in [-0.15, -0.1) is 0 Å². The third kappa shape index (κ3) is 4.25. The number of aryl methyl sites for hydroxylation is 1. The van der Waals surface area contributed by atoms with E-state index in [2.05, 4.69) is 30.6 Å². The molecule has 0 amide bonds. The number of hydrogen-bond acceptors (Lipinski definition) is 6. The molecule has 2 aromatic rings. The van der Waals surface area contributed by atoms with Crippen molar-refractivity contribution >= 4 is 31.9 Å². The van der Waals surface area contributed by atoms with Crippen LogP contribution in [0.5, 0.6) is 0 Å². The number of rotatable bonds is 6. The van der Waals surface area contributed by atoms with Crippen molar-refractivity contribution in [2.75, 3.05) is 26.0 Å². The van der Waals surface area contributed by atoms with E-state index in [1.54, 1.807) is 31.3 Å². The van der Waals surface area contributed by atoms with Gasteiger partial charge in [-0.1, -0.05) is 6.07 Å². The van der Waals surface area contributed by atoms with Crippen LogP contribution >= 0.6 is 15.9 Å². The van der Waals surface area contributed by atoms with Gasteiger partial charge in [-0.05, 0) is 40.5 Å². The molecule has 1 aromatic heterocycles. The number of nitrogens with one attached hydrogen (secondary N) is 1. The minimum absolute atomic E-state index is 0.141. The van der Waals surface area contributed by atoms with E-state index in [0.29, 0.717) is 22.3 Å². The first-order chi connectivity index (χ1) is 10.8. The Morgan fingerprint density at radius 3 is 2.78 bits per heavy atom. The molecule has 124 valence electrons. The van der Waals surface area contributed by atoms with Gasteiger partial charge in [-0.25, -0.2) is 23.1 Å². The maximum Gasteiger partial charge on any atom is 0.241 e. The average molecular weight is 401 g/mol. The Kier molecular flexibility index (Phi) is 5.69. The van der Waals surface area contributed by atoms with Crippen molar-refractivity contribution in [2.24, 2.45) is 0 Å². The Morgan fingerprint density at radius 2 is 2.13 bits per heavy atom. The molecule has 9 heteroatoms. The van der Waals surface area contributed by atoms with Crippen molar-refractivity contribution in [3.05, 3.63) is 34.6 Å². The standard InChI is InChI=1S/C14H17BrN4O3S/c1-9-11(8-17-14(16)19-9)10-3-4-12(15)13(7-10)23(20,21)18-5-6-22-2/h3-4,7-8,18H,5-6H2,1-2H3,(H2,16,17,19). The summed E-state index contributed by atoms with van der Waals surface area (Å²) in [5.74, 6) is 0.178. The van der Waals surface area contributed by atoms with Crippen molar-refractivity contribution in [3.8, 4) is 11.1 Å². The Bertz CT molecular complexity index is 812. The molecule has 3 N–H and O–H groups in total. The lowest BCUT2D eigenvalue weighted by Gasteiger charge is -2.11. The van der Waals surface area contributed by atoms with E-state index in [0.717, 1.165) is 5.56 Å².